The molecule has 1 aliphatic heterocycles. The van der Waals surface area contributed by atoms with Gasteiger partial charge in [0.1, 0.15) is 0 Å². The molecule has 0 bridgehead atoms. The van der Waals surface area contributed by atoms with Crippen molar-refractivity contribution in [3.05, 3.63) is 23.4 Å². The Labute approximate surface area is 146 Å². The van der Waals surface area contributed by atoms with Gasteiger partial charge in [0.05, 0.1) is 4.88 Å². The minimum absolute atomic E-state index is 0.0449. The number of nitrogens with zero attached hydrogens (tertiary/aromatic N) is 3. The van der Waals surface area contributed by atoms with Crippen molar-refractivity contribution >= 4 is 17.2 Å². The van der Waals surface area contributed by atoms with Gasteiger partial charge in [0.2, 0.25) is 17.6 Å². The van der Waals surface area contributed by atoms with Crippen LogP contribution in [0.3, 0.4) is 0 Å². The van der Waals surface area contributed by atoms with E-state index in [9.17, 15) is 4.79 Å². The summed E-state index contributed by atoms with van der Waals surface area (Å²) in [4.78, 5) is 19.9. The highest BCUT2D eigenvalue weighted by Crippen LogP contribution is 2.21. The number of aryl methyl sites for hydroxylation is 1. The van der Waals surface area contributed by atoms with Crippen molar-refractivity contribution in [2.24, 2.45) is 0 Å². The zero-order valence-electron chi connectivity index (χ0n) is 14.0. The predicted octanol–water partition coefficient (Wildman–Crippen LogP) is 2.72. The molecule has 1 amide bonds. The molecule has 24 heavy (non-hydrogen) atoms. The van der Waals surface area contributed by atoms with Crippen LogP contribution in [0.5, 0.6) is 0 Å². The summed E-state index contributed by atoms with van der Waals surface area (Å²) in [6.45, 7) is 5.21. The average Bonchev–Trinajstić information content (AvgIpc) is 3.34. The van der Waals surface area contributed by atoms with E-state index in [1.54, 1.807) is 11.3 Å². The first-order chi connectivity index (χ1) is 11.8. The van der Waals surface area contributed by atoms with Crippen LogP contribution in [0.4, 0.5) is 0 Å². The number of carbonyl (C=O) groups is 1. The number of thiophene rings is 1. The standard InChI is InChI=1S/C17H24N4O2S/c1-2-13(21-9-3-4-10-21)12-18-15(22)7-8-16-19-17(20-23-16)14-6-5-11-24-14/h5-6,11,13H,2-4,7-10,12H2,1H3,(H,18,22). The molecule has 0 radical (unpaired) electrons. The van der Waals surface area contributed by atoms with Gasteiger partial charge in [-0.25, -0.2) is 0 Å². The van der Waals surface area contributed by atoms with Gasteiger partial charge in [-0.15, -0.1) is 11.3 Å². The van der Waals surface area contributed by atoms with Gasteiger partial charge in [-0.2, -0.15) is 4.98 Å². The summed E-state index contributed by atoms with van der Waals surface area (Å²) in [5.41, 5.74) is 0. The van der Waals surface area contributed by atoms with E-state index in [0.717, 1.165) is 30.9 Å². The highest BCUT2D eigenvalue weighted by atomic mass is 32.1. The van der Waals surface area contributed by atoms with Crippen molar-refractivity contribution in [1.82, 2.24) is 20.4 Å². The number of likely N-dealkylation sites (tertiary alicyclic amines) is 1. The molecule has 1 unspecified atom stereocenters. The topological polar surface area (TPSA) is 71.3 Å². The quantitative estimate of drug-likeness (QED) is 0.794. The third-order valence-corrected chi connectivity index (χ3v) is 5.30. The van der Waals surface area contributed by atoms with E-state index in [4.69, 9.17) is 4.52 Å². The number of hydrogen-bond acceptors (Lipinski definition) is 6. The largest absolute Gasteiger partial charge is 0.355 e. The SMILES string of the molecule is CCC(CNC(=O)CCc1nc(-c2cccs2)no1)N1CCCC1. The zero-order valence-corrected chi connectivity index (χ0v) is 14.8. The van der Waals surface area contributed by atoms with Gasteiger partial charge < -0.3 is 9.84 Å². The molecule has 1 saturated heterocycles. The highest BCUT2D eigenvalue weighted by molar-refractivity contribution is 7.13. The van der Waals surface area contributed by atoms with Crippen LogP contribution in [0.25, 0.3) is 10.7 Å². The molecule has 0 saturated carbocycles. The Balaban J connectivity index is 1.42. The lowest BCUT2D eigenvalue weighted by atomic mass is 10.2. The normalized spacial score (nSPS) is 16.4. The summed E-state index contributed by atoms with van der Waals surface area (Å²) < 4.78 is 5.22. The number of nitrogens with one attached hydrogen (secondary N) is 1. The molecule has 6 nitrogen and oxygen atoms in total. The van der Waals surface area contributed by atoms with Gasteiger partial charge in [-0.3, -0.25) is 9.69 Å². The summed E-state index contributed by atoms with van der Waals surface area (Å²) in [7, 11) is 0. The van der Waals surface area contributed by atoms with E-state index in [0.29, 0.717) is 30.6 Å². The third-order valence-electron chi connectivity index (χ3n) is 4.44. The van der Waals surface area contributed by atoms with E-state index in [-0.39, 0.29) is 5.91 Å². The lowest BCUT2D eigenvalue weighted by Gasteiger charge is -2.26. The van der Waals surface area contributed by atoms with E-state index < -0.39 is 0 Å². The van der Waals surface area contributed by atoms with Crippen LogP contribution < -0.4 is 5.32 Å². The highest BCUT2D eigenvalue weighted by Gasteiger charge is 2.20. The molecule has 1 N–H and O–H groups in total. The molecule has 1 fully saturated rings. The molecule has 1 aliphatic rings. The van der Waals surface area contributed by atoms with E-state index in [2.05, 4.69) is 27.3 Å². The fourth-order valence-corrected chi connectivity index (χ4v) is 3.69. The summed E-state index contributed by atoms with van der Waals surface area (Å²) in [6.07, 6.45) is 4.46. The smallest absolute Gasteiger partial charge is 0.227 e. The molecular formula is C17H24N4O2S. The summed E-state index contributed by atoms with van der Waals surface area (Å²) in [5.74, 6) is 1.16. The molecule has 2 aromatic heterocycles. The molecule has 0 aromatic carbocycles. The van der Waals surface area contributed by atoms with Gasteiger partial charge in [-0.1, -0.05) is 18.1 Å². The van der Waals surface area contributed by atoms with E-state index in [1.165, 1.54) is 12.8 Å². The number of aromatic nitrogens is 2. The van der Waals surface area contributed by atoms with Gasteiger partial charge in [0.25, 0.3) is 0 Å². The van der Waals surface area contributed by atoms with Crippen molar-refractivity contribution in [2.45, 2.75) is 45.1 Å². The summed E-state index contributed by atoms with van der Waals surface area (Å²) in [6, 6.07) is 4.36. The van der Waals surface area contributed by atoms with Gasteiger partial charge in [-0.05, 0) is 43.8 Å². The number of amides is 1. The van der Waals surface area contributed by atoms with Crippen LogP contribution in [0.1, 0.15) is 38.5 Å². The molecule has 1 atom stereocenters. The monoisotopic (exact) mass is 348 g/mol. The molecular weight excluding hydrogens is 324 g/mol. The van der Waals surface area contributed by atoms with Crippen molar-refractivity contribution in [2.75, 3.05) is 19.6 Å². The first kappa shape index (κ1) is 17.1. The first-order valence-electron chi connectivity index (χ1n) is 8.63. The molecule has 3 rings (SSSR count). The van der Waals surface area contributed by atoms with Crippen molar-refractivity contribution in [1.29, 1.82) is 0 Å². The second-order valence-corrected chi connectivity index (χ2v) is 7.05. The van der Waals surface area contributed by atoms with Gasteiger partial charge >= 0.3 is 0 Å². The number of rotatable bonds is 8. The number of hydrogen-bond donors (Lipinski definition) is 1. The molecule has 130 valence electrons. The molecule has 2 aromatic rings. The Morgan fingerprint density at radius 2 is 2.29 bits per heavy atom. The molecule has 3 heterocycles. The van der Waals surface area contributed by atoms with E-state index in [1.807, 2.05) is 17.5 Å². The Morgan fingerprint density at radius 1 is 1.46 bits per heavy atom. The van der Waals surface area contributed by atoms with Crippen molar-refractivity contribution in [3.8, 4) is 10.7 Å². The van der Waals surface area contributed by atoms with E-state index >= 15 is 0 Å². The van der Waals surface area contributed by atoms with Crippen molar-refractivity contribution in [3.63, 3.8) is 0 Å². The second kappa shape index (κ2) is 8.39. The number of carbonyl (C=O) groups excluding carboxylic acids is 1. The maximum absolute atomic E-state index is 12.1. The lowest BCUT2D eigenvalue weighted by molar-refractivity contribution is -0.121. The Morgan fingerprint density at radius 3 is 3.00 bits per heavy atom. The maximum atomic E-state index is 12.1. The molecule has 0 aliphatic carbocycles. The van der Waals surface area contributed by atoms with Gasteiger partial charge in [0, 0.05) is 25.4 Å². The second-order valence-electron chi connectivity index (χ2n) is 6.10. The third kappa shape index (κ3) is 4.42. The predicted molar refractivity (Wildman–Crippen MR) is 93.8 cm³/mol. The van der Waals surface area contributed by atoms with Gasteiger partial charge in [0.15, 0.2) is 0 Å². The summed E-state index contributed by atoms with van der Waals surface area (Å²) >= 11 is 1.57. The van der Waals surface area contributed by atoms with Crippen LogP contribution in [0, 0.1) is 0 Å². The van der Waals surface area contributed by atoms with Crippen LogP contribution in [0.2, 0.25) is 0 Å². The maximum Gasteiger partial charge on any atom is 0.227 e. The Hall–Kier alpha value is -1.73. The van der Waals surface area contributed by atoms with Crippen LogP contribution in [0.15, 0.2) is 22.0 Å². The Bertz CT molecular complexity index is 635. The minimum Gasteiger partial charge on any atom is -0.355 e. The van der Waals surface area contributed by atoms with Crippen LogP contribution in [-0.2, 0) is 11.2 Å². The van der Waals surface area contributed by atoms with Crippen molar-refractivity contribution < 1.29 is 9.32 Å². The first-order valence-corrected chi connectivity index (χ1v) is 9.51. The van der Waals surface area contributed by atoms with Crippen LogP contribution >= 0.6 is 11.3 Å². The fourth-order valence-electron chi connectivity index (χ4n) is 3.04. The summed E-state index contributed by atoms with van der Waals surface area (Å²) in [5, 5.41) is 8.98. The zero-order chi connectivity index (χ0) is 16.8. The lowest BCUT2D eigenvalue weighted by Crippen LogP contribution is -2.42. The molecule has 7 heteroatoms. The minimum atomic E-state index is 0.0449. The molecule has 0 spiro atoms. The average molecular weight is 348 g/mol. The Kier molecular flexibility index (Phi) is 5.98. The fraction of sp³-hybridized carbons (Fsp3) is 0.588. The van der Waals surface area contributed by atoms with Crippen LogP contribution in [-0.4, -0.2) is 46.6 Å².